The molecule has 0 aromatic heterocycles. The van der Waals surface area contributed by atoms with Crippen molar-refractivity contribution in [2.24, 2.45) is 11.7 Å². The van der Waals surface area contributed by atoms with Gasteiger partial charge in [0, 0.05) is 18.1 Å². The summed E-state index contributed by atoms with van der Waals surface area (Å²) >= 11 is 0. The van der Waals surface area contributed by atoms with Crippen LogP contribution in [0.3, 0.4) is 0 Å². The Morgan fingerprint density at radius 3 is 2.33 bits per heavy atom. The summed E-state index contributed by atoms with van der Waals surface area (Å²) in [6.07, 6.45) is 1.03. The maximum atomic E-state index is 11.4. The Balaban J connectivity index is 3.81. The van der Waals surface area contributed by atoms with Gasteiger partial charge in [-0.2, -0.15) is 0 Å². The molecular weight excluding hydrogens is 190 g/mol. The predicted molar refractivity (Wildman–Crippen MR) is 63.7 cm³/mol. The molecule has 0 rings (SSSR count). The lowest BCUT2D eigenvalue weighted by Gasteiger charge is -2.23. The van der Waals surface area contributed by atoms with E-state index in [1.54, 1.807) is 0 Å². The quantitative estimate of drug-likeness (QED) is 0.664. The summed E-state index contributed by atoms with van der Waals surface area (Å²) in [5.41, 5.74) is 5.69. The number of nitrogens with two attached hydrogens (primary N) is 1. The molecule has 0 aromatic rings. The minimum absolute atomic E-state index is 0.0284. The second-order valence-electron chi connectivity index (χ2n) is 5.13. The van der Waals surface area contributed by atoms with Crippen LogP contribution in [0.25, 0.3) is 0 Å². The molecule has 4 nitrogen and oxygen atoms in total. The van der Waals surface area contributed by atoms with E-state index in [4.69, 9.17) is 5.73 Å². The number of amides is 2. The number of rotatable bonds is 4. The molecule has 0 aromatic carbocycles. The van der Waals surface area contributed by atoms with Crippen molar-refractivity contribution in [1.82, 2.24) is 10.6 Å². The van der Waals surface area contributed by atoms with Crippen LogP contribution < -0.4 is 16.4 Å². The predicted octanol–water partition coefficient (Wildman–Crippen LogP) is 1.46. The Labute approximate surface area is 93.0 Å². The Morgan fingerprint density at radius 1 is 1.40 bits per heavy atom. The summed E-state index contributed by atoms with van der Waals surface area (Å²) in [6, 6.07) is -0.123. The van der Waals surface area contributed by atoms with Crippen molar-refractivity contribution in [2.75, 3.05) is 6.54 Å². The van der Waals surface area contributed by atoms with E-state index in [9.17, 15) is 4.79 Å². The average molecular weight is 215 g/mol. The zero-order chi connectivity index (χ0) is 12.1. The largest absolute Gasteiger partial charge is 0.337 e. The summed E-state index contributed by atoms with van der Waals surface area (Å²) in [5, 5.41) is 5.60. The summed E-state index contributed by atoms with van der Waals surface area (Å²) < 4.78 is 0. The van der Waals surface area contributed by atoms with Crippen LogP contribution in [0.4, 0.5) is 4.79 Å². The molecule has 4 N–H and O–H groups in total. The highest BCUT2D eigenvalue weighted by atomic mass is 16.2. The fourth-order valence-electron chi connectivity index (χ4n) is 1.10. The molecule has 0 aliphatic carbocycles. The highest BCUT2D eigenvalue weighted by Gasteiger charge is 2.15. The van der Waals surface area contributed by atoms with Crippen molar-refractivity contribution in [3.8, 4) is 0 Å². The van der Waals surface area contributed by atoms with Crippen molar-refractivity contribution in [3.63, 3.8) is 0 Å². The fraction of sp³-hybridized carbons (Fsp3) is 0.909. The van der Waals surface area contributed by atoms with Crippen molar-refractivity contribution >= 4 is 6.03 Å². The monoisotopic (exact) mass is 215 g/mol. The lowest BCUT2D eigenvalue weighted by molar-refractivity contribution is 0.230. The van der Waals surface area contributed by atoms with Crippen LogP contribution in [-0.2, 0) is 0 Å². The zero-order valence-corrected chi connectivity index (χ0v) is 10.6. The number of hydrogen-bond acceptors (Lipinski definition) is 2. The molecule has 0 aliphatic rings. The van der Waals surface area contributed by atoms with E-state index < -0.39 is 0 Å². The van der Waals surface area contributed by atoms with E-state index in [1.165, 1.54) is 0 Å². The maximum absolute atomic E-state index is 11.4. The van der Waals surface area contributed by atoms with Crippen LogP contribution in [0.1, 0.15) is 41.0 Å². The standard InChI is InChI=1S/C11H25N3O/c1-6-8(2)9(12)7-13-10(15)14-11(3,4)5/h8-9H,6-7,12H2,1-5H3,(H2,13,14,15). The van der Waals surface area contributed by atoms with Crippen LogP contribution in [0.2, 0.25) is 0 Å². The summed E-state index contributed by atoms with van der Waals surface area (Å²) in [7, 11) is 0. The molecule has 0 aliphatic heterocycles. The van der Waals surface area contributed by atoms with Gasteiger partial charge in [-0.05, 0) is 26.7 Å². The second kappa shape index (κ2) is 5.95. The number of nitrogens with one attached hydrogen (secondary N) is 2. The Bertz CT molecular complexity index is 198. The van der Waals surface area contributed by atoms with Crippen molar-refractivity contribution in [3.05, 3.63) is 0 Å². The summed E-state index contributed by atoms with van der Waals surface area (Å²) in [5.74, 6) is 0.430. The van der Waals surface area contributed by atoms with Crippen LogP contribution in [-0.4, -0.2) is 24.2 Å². The molecule has 0 heterocycles. The molecular formula is C11H25N3O. The maximum Gasteiger partial charge on any atom is 0.315 e. The van der Waals surface area contributed by atoms with E-state index in [-0.39, 0.29) is 17.6 Å². The van der Waals surface area contributed by atoms with Gasteiger partial charge < -0.3 is 16.4 Å². The third-order valence-electron chi connectivity index (χ3n) is 2.36. The van der Waals surface area contributed by atoms with Crippen LogP contribution in [0.5, 0.6) is 0 Å². The van der Waals surface area contributed by atoms with Gasteiger partial charge in [-0.1, -0.05) is 20.3 Å². The van der Waals surface area contributed by atoms with Crippen LogP contribution in [0.15, 0.2) is 0 Å². The minimum atomic E-state index is -0.204. The molecule has 4 heteroatoms. The van der Waals surface area contributed by atoms with Crippen molar-refractivity contribution in [2.45, 2.75) is 52.6 Å². The minimum Gasteiger partial charge on any atom is -0.337 e. The number of urea groups is 1. The number of carbonyl (C=O) groups is 1. The molecule has 2 unspecified atom stereocenters. The van der Waals surface area contributed by atoms with Crippen LogP contribution >= 0.6 is 0 Å². The van der Waals surface area contributed by atoms with Gasteiger partial charge in [0.2, 0.25) is 0 Å². The molecule has 2 amide bonds. The Kier molecular flexibility index (Phi) is 5.65. The summed E-state index contributed by atoms with van der Waals surface area (Å²) in [4.78, 5) is 11.4. The smallest absolute Gasteiger partial charge is 0.315 e. The van der Waals surface area contributed by atoms with Gasteiger partial charge in [0.1, 0.15) is 0 Å². The van der Waals surface area contributed by atoms with Crippen LogP contribution in [0, 0.1) is 5.92 Å². The molecule has 0 saturated heterocycles. The van der Waals surface area contributed by atoms with Gasteiger partial charge in [-0.3, -0.25) is 0 Å². The molecule has 0 radical (unpaired) electrons. The molecule has 2 atom stereocenters. The molecule has 0 fully saturated rings. The summed E-state index contributed by atoms with van der Waals surface area (Å²) in [6.45, 7) is 10.5. The molecule has 90 valence electrons. The second-order valence-corrected chi connectivity index (χ2v) is 5.13. The first kappa shape index (κ1) is 14.2. The fourth-order valence-corrected chi connectivity index (χ4v) is 1.10. The molecule has 0 saturated carbocycles. The normalized spacial score (nSPS) is 15.6. The van der Waals surface area contributed by atoms with E-state index in [0.717, 1.165) is 6.42 Å². The van der Waals surface area contributed by atoms with Crippen molar-refractivity contribution in [1.29, 1.82) is 0 Å². The van der Waals surface area contributed by atoms with Gasteiger partial charge in [-0.15, -0.1) is 0 Å². The topological polar surface area (TPSA) is 67.1 Å². The Morgan fingerprint density at radius 2 is 1.93 bits per heavy atom. The van der Waals surface area contributed by atoms with E-state index in [2.05, 4.69) is 24.5 Å². The zero-order valence-electron chi connectivity index (χ0n) is 10.6. The first-order valence-electron chi connectivity index (χ1n) is 5.58. The van der Waals surface area contributed by atoms with E-state index >= 15 is 0 Å². The first-order chi connectivity index (χ1) is 6.76. The van der Waals surface area contributed by atoms with Crippen molar-refractivity contribution < 1.29 is 4.79 Å². The highest BCUT2D eigenvalue weighted by molar-refractivity contribution is 5.74. The third-order valence-corrected chi connectivity index (χ3v) is 2.36. The van der Waals surface area contributed by atoms with Gasteiger partial charge >= 0.3 is 6.03 Å². The van der Waals surface area contributed by atoms with Gasteiger partial charge in [-0.25, -0.2) is 4.79 Å². The SMILES string of the molecule is CCC(C)C(N)CNC(=O)NC(C)(C)C. The van der Waals surface area contributed by atoms with Gasteiger partial charge in [0.15, 0.2) is 0 Å². The van der Waals surface area contributed by atoms with E-state index in [0.29, 0.717) is 12.5 Å². The highest BCUT2D eigenvalue weighted by Crippen LogP contribution is 2.04. The molecule has 0 bridgehead atoms. The third kappa shape index (κ3) is 7.19. The Hall–Kier alpha value is -0.770. The van der Waals surface area contributed by atoms with Gasteiger partial charge in [0.05, 0.1) is 0 Å². The number of carbonyl (C=O) groups excluding carboxylic acids is 1. The lowest BCUT2D eigenvalue weighted by Crippen LogP contribution is -2.50. The lowest BCUT2D eigenvalue weighted by atomic mass is 10.0. The number of hydrogen-bond donors (Lipinski definition) is 3. The van der Waals surface area contributed by atoms with E-state index in [1.807, 2.05) is 20.8 Å². The molecule has 15 heavy (non-hydrogen) atoms. The first-order valence-corrected chi connectivity index (χ1v) is 5.58. The molecule has 0 spiro atoms. The van der Waals surface area contributed by atoms with Gasteiger partial charge in [0.25, 0.3) is 0 Å². The average Bonchev–Trinajstić information content (AvgIpc) is 2.10.